The minimum absolute atomic E-state index is 0.261. The molecule has 2 rings (SSSR count). The molecule has 3 nitrogen and oxygen atoms in total. The number of ether oxygens (including phenoxy) is 1. The topological polar surface area (TPSA) is 34.2 Å². The lowest BCUT2D eigenvalue weighted by Crippen LogP contribution is -2.12. The van der Waals surface area contributed by atoms with Gasteiger partial charge in [0.25, 0.3) is 0 Å². The number of aryl methyl sites for hydroxylation is 1. The Hall–Kier alpha value is -1.58. The molecule has 19 heavy (non-hydrogen) atoms. The van der Waals surface area contributed by atoms with Gasteiger partial charge in [0.15, 0.2) is 0 Å². The van der Waals surface area contributed by atoms with Crippen LogP contribution in [-0.2, 0) is 0 Å². The van der Waals surface area contributed by atoms with Gasteiger partial charge in [-0.1, -0.05) is 11.6 Å². The van der Waals surface area contributed by atoms with Crippen molar-refractivity contribution in [3.05, 3.63) is 52.7 Å². The van der Waals surface area contributed by atoms with Crippen molar-refractivity contribution >= 4 is 11.6 Å². The molecule has 1 aromatic heterocycles. The first-order chi connectivity index (χ1) is 9.10. The van der Waals surface area contributed by atoms with Crippen molar-refractivity contribution in [2.75, 3.05) is 7.05 Å². The minimum Gasteiger partial charge on any atom is -0.439 e. The molecule has 0 aliphatic heterocycles. The van der Waals surface area contributed by atoms with Crippen molar-refractivity contribution < 1.29 is 4.74 Å². The number of halogens is 1. The summed E-state index contributed by atoms with van der Waals surface area (Å²) in [5, 5.41) is 3.89. The zero-order valence-electron chi connectivity index (χ0n) is 11.3. The molecule has 0 bridgehead atoms. The van der Waals surface area contributed by atoms with Gasteiger partial charge in [-0.3, -0.25) is 0 Å². The van der Waals surface area contributed by atoms with E-state index in [2.05, 4.69) is 17.2 Å². The van der Waals surface area contributed by atoms with Gasteiger partial charge in [0.05, 0.1) is 0 Å². The summed E-state index contributed by atoms with van der Waals surface area (Å²) < 4.78 is 5.80. The van der Waals surface area contributed by atoms with Gasteiger partial charge in [0.2, 0.25) is 5.88 Å². The van der Waals surface area contributed by atoms with Gasteiger partial charge in [-0.25, -0.2) is 4.98 Å². The van der Waals surface area contributed by atoms with Crippen molar-refractivity contribution in [3.63, 3.8) is 0 Å². The molecule has 1 unspecified atom stereocenters. The van der Waals surface area contributed by atoms with Crippen molar-refractivity contribution in [3.8, 4) is 11.6 Å². The van der Waals surface area contributed by atoms with Crippen LogP contribution in [0.4, 0.5) is 0 Å². The largest absolute Gasteiger partial charge is 0.439 e. The summed E-state index contributed by atoms with van der Waals surface area (Å²) in [7, 11) is 1.93. The second kappa shape index (κ2) is 6.04. The highest BCUT2D eigenvalue weighted by Gasteiger charge is 2.07. The molecule has 1 heterocycles. The van der Waals surface area contributed by atoms with E-state index < -0.39 is 0 Å². The summed E-state index contributed by atoms with van der Waals surface area (Å²) in [6, 6.07) is 9.71. The maximum atomic E-state index is 5.93. The SMILES string of the molecule is CNC(C)c1ccnc(Oc2ccc(Cl)cc2C)c1. The van der Waals surface area contributed by atoms with E-state index in [4.69, 9.17) is 16.3 Å². The highest BCUT2D eigenvalue weighted by molar-refractivity contribution is 6.30. The quantitative estimate of drug-likeness (QED) is 0.912. The summed E-state index contributed by atoms with van der Waals surface area (Å²) in [6.45, 7) is 4.05. The first kappa shape index (κ1) is 13.8. The third-order valence-corrected chi connectivity index (χ3v) is 3.28. The minimum atomic E-state index is 0.261. The van der Waals surface area contributed by atoms with Crippen LogP contribution in [0.15, 0.2) is 36.5 Å². The second-order valence-corrected chi connectivity index (χ2v) is 4.89. The van der Waals surface area contributed by atoms with E-state index in [9.17, 15) is 0 Å². The van der Waals surface area contributed by atoms with Gasteiger partial charge in [0.1, 0.15) is 5.75 Å². The Kier molecular flexibility index (Phi) is 4.40. The van der Waals surface area contributed by atoms with E-state index in [1.54, 1.807) is 6.20 Å². The molecule has 0 aliphatic rings. The van der Waals surface area contributed by atoms with E-state index in [-0.39, 0.29) is 6.04 Å². The predicted octanol–water partition coefficient (Wildman–Crippen LogP) is 4.12. The van der Waals surface area contributed by atoms with Gasteiger partial charge in [-0.15, -0.1) is 0 Å². The Labute approximate surface area is 118 Å². The van der Waals surface area contributed by atoms with Gasteiger partial charge in [-0.2, -0.15) is 0 Å². The maximum Gasteiger partial charge on any atom is 0.219 e. The Morgan fingerprint density at radius 2 is 2.05 bits per heavy atom. The van der Waals surface area contributed by atoms with Crippen LogP contribution in [0.1, 0.15) is 24.1 Å². The molecule has 1 atom stereocenters. The third kappa shape index (κ3) is 3.46. The molecule has 0 amide bonds. The number of aromatic nitrogens is 1. The fourth-order valence-electron chi connectivity index (χ4n) is 1.76. The lowest BCUT2D eigenvalue weighted by Gasteiger charge is -2.12. The Balaban J connectivity index is 2.23. The maximum absolute atomic E-state index is 5.93. The van der Waals surface area contributed by atoms with Crippen LogP contribution in [0.25, 0.3) is 0 Å². The molecule has 1 aromatic carbocycles. The number of hydrogen-bond donors (Lipinski definition) is 1. The summed E-state index contributed by atoms with van der Waals surface area (Å²) in [4.78, 5) is 4.23. The monoisotopic (exact) mass is 276 g/mol. The summed E-state index contributed by atoms with van der Waals surface area (Å²) in [6.07, 6.45) is 1.75. The first-order valence-corrected chi connectivity index (χ1v) is 6.55. The van der Waals surface area contributed by atoms with Crippen LogP contribution in [-0.4, -0.2) is 12.0 Å². The zero-order valence-corrected chi connectivity index (χ0v) is 12.0. The van der Waals surface area contributed by atoms with Crippen LogP contribution in [0, 0.1) is 6.92 Å². The van der Waals surface area contributed by atoms with Crippen LogP contribution >= 0.6 is 11.6 Å². The normalized spacial score (nSPS) is 12.2. The van der Waals surface area contributed by atoms with Crippen molar-refractivity contribution in [1.82, 2.24) is 10.3 Å². The number of pyridine rings is 1. The first-order valence-electron chi connectivity index (χ1n) is 6.17. The second-order valence-electron chi connectivity index (χ2n) is 4.45. The molecular weight excluding hydrogens is 260 g/mol. The van der Waals surface area contributed by atoms with Crippen LogP contribution in [0.5, 0.6) is 11.6 Å². The Bertz CT molecular complexity index is 572. The Morgan fingerprint density at radius 1 is 1.26 bits per heavy atom. The van der Waals surface area contributed by atoms with Gasteiger partial charge in [0, 0.05) is 23.3 Å². The van der Waals surface area contributed by atoms with E-state index in [0.29, 0.717) is 10.9 Å². The van der Waals surface area contributed by atoms with Crippen LogP contribution < -0.4 is 10.1 Å². The van der Waals surface area contributed by atoms with Gasteiger partial charge >= 0.3 is 0 Å². The van der Waals surface area contributed by atoms with Crippen molar-refractivity contribution in [1.29, 1.82) is 0 Å². The van der Waals surface area contributed by atoms with Crippen LogP contribution in [0.3, 0.4) is 0 Å². The summed E-state index contributed by atoms with van der Waals surface area (Å²) in [5.74, 6) is 1.36. The molecule has 2 aromatic rings. The fourth-order valence-corrected chi connectivity index (χ4v) is 1.98. The number of benzene rings is 1. The van der Waals surface area contributed by atoms with E-state index >= 15 is 0 Å². The highest BCUT2D eigenvalue weighted by Crippen LogP contribution is 2.27. The molecule has 4 heteroatoms. The number of rotatable bonds is 4. The summed E-state index contributed by atoms with van der Waals surface area (Å²) in [5.41, 5.74) is 2.13. The van der Waals surface area contributed by atoms with Crippen LogP contribution in [0.2, 0.25) is 5.02 Å². The molecule has 0 aliphatic carbocycles. The lowest BCUT2D eigenvalue weighted by atomic mass is 10.1. The van der Waals surface area contributed by atoms with E-state index in [0.717, 1.165) is 16.9 Å². The van der Waals surface area contributed by atoms with Crippen molar-refractivity contribution in [2.24, 2.45) is 0 Å². The van der Waals surface area contributed by atoms with Gasteiger partial charge < -0.3 is 10.1 Å². The Morgan fingerprint density at radius 3 is 2.74 bits per heavy atom. The predicted molar refractivity (Wildman–Crippen MR) is 78.0 cm³/mol. The van der Waals surface area contributed by atoms with Crippen molar-refractivity contribution in [2.45, 2.75) is 19.9 Å². The smallest absolute Gasteiger partial charge is 0.219 e. The number of hydrogen-bond acceptors (Lipinski definition) is 3. The molecule has 0 saturated heterocycles. The molecule has 1 N–H and O–H groups in total. The average Bonchev–Trinajstić information content (AvgIpc) is 2.41. The molecule has 100 valence electrons. The fraction of sp³-hybridized carbons (Fsp3) is 0.267. The lowest BCUT2D eigenvalue weighted by molar-refractivity contribution is 0.457. The standard InChI is InChI=1S/C15H17ClN2O/c1-10-8-13(16)4-5-14(10)19-15-9-12(6-7-18-15)11(2)17-3/h4-9,11,17H,1-3H3. The molecule has 0 saturated carbocycles. The molecule has 0 radical (unpaired) electrons. The molecular formula is C15H17ClN2O. The molecule has 0 fully saturated rings. The zero-order chi connectivity index (χ0) is 13.8. The van der Waals surface area contributed by atoms with E-state index in [1.165, 1.54) is 0 Å². The van der Waals surface area contributed by atoms with E-state index in [1.807, 2.05) is 44.3 Å². The molecule has 0 spiro atoms. The third-order valence-electron chi connectivity index (χ3n) is 3.04. The van der Waals surface area contributed by atoms with Gasteiger partial charge in [-0.05, 0) is 56.3 Å². The highest BCUT2D eigenvalue weighted by atomic mass is 35.5. The number of nitrogens with one attached hydrogen (secondary N) is 1. The number of nitrogens with zero attached hydrogens (tertiary/aromatic N) is 1. The summed E-state index contributed by atoms with van der Waals surface area (Å²) >= 11 is 5.93. The average molecular weight is 277 g/mol.